The molecule has 0 amide bonds. The van der Waals surface area contributed by atoms with E-state index in [2.05, 4.69) is 5.32 Å². The molecule has 2 nitrogen and oxygen atoms in total. The molecule has 2 heteroatoms. The minimum Gasteiger partial charge on any atom is -0.396 e. The number of fused-ring (bicyclic) bond motifs is 1. The predicted molar refractivity (Wildman–Crippen MR) is 39.8 cm³/mol. The fourth-order valence-corrected chi connectivity index (χ4v) is 2.52. The highest BCUT2D eigenvalue weighted by atomic mass is 16.3. The Morgan fingerprint density at radius 3 is 3.10 bits per heavy atom. The van der Waals surface area contributed by atoms with Crippen molar-refractivity contribution in [3.63, 3.8) is 0 Å². The topological polar surface area (TPSA) is 32.3 Å². The molecule has 2 N–H and O–H groups in total. The standard InChI is InChI=1S/C8H15NO/c10-6-8-3-1-2-7(8)9-5-4-8/h7,9-10H,1-6H2/t7-,8-/m1/s1. The lowest BCUT2D eigenvalue weighted by molar-refractivity contribution is 0.128. The van der Waals surface area contributed by atoms with Gasteiger partial charge in [0.25, 0.3) is 0 Å². The second-order valence-electron chi connectivity index (χ2n) is 3.67. The summed E-state index contributed by atoms with van der Waals surface area (Å²) in [7, 11) is 0. The molecule has 1 aliphatic carbocycles. The van der Waals surface area contributed by atoms with Crippen molar-refractivity contribution in [2.45, 2.75) is 31.7 Å². The van der Waals surface area contributed by atoms with Crippen LogP contribution in [-0.4, -0.2) is 24.3 Å². The number of hydrogen-bond acceptors (Lipinski definition) is 2. The fourth-order valence-electron chi connectivity index (χ4n) is 2.52. The minimum absolute atomic E-state index is 0.292. The molecule has 0 spiro atoms. The Bertz CT molecular complexity index is 125. The van der Waals surface area contributed by atoms with E-state index in [1.54, 1.807) is 0 Å². The molecule has 1 saturated heterocycles. The predicted octanol–water partition coefficient (Wildman–Crippen LogP) is 0.511. The van der Waals surface area contributed by atoms with Crippen molar-refractivity contribution in [1.29, 1.82) is 0 Å². The second kappa shape index (κ2) is 2.21. The highest BCUT2D eigenvalue weighted by molar-refractivity contribution is 5.00. The van der Waals surface area contributed by atoms with Crippen LogP contribution in [0.3, 0.4) is 0 Å². The van der Waals surface area contributed by atoms with Crippen molar-refractivity contribution in [2.75, 3.05) is 13.2 Å². The minimum atomic E-state index is 0.292. The van der Waals surface area contributed by atoms with Gasteiger partial charge in [-0.3, -0.25) is 0 Å². The summed E-state index contributed by atoms with van der Waals surface area (Å²) < 4.78 is 0. The Morgan fingerprint density at radius 2 is 2.40 bits per heavy atom. The summed E-state index contributed by atoms with van der Waals surface area (Å²) in [6, 6.07) is 0.637. The lowest BCUT2D eigenvalue weighted by Gasteiger charge is -2.25. The SMILES string of the molecule is OC[C@]12CCC[C@H]1NCC2. The van der Waals surface area contributed by atoms with Crippen LogP contribution in [0.25, 0.3) is 0 Å². The van der Waals surface area contributed by atoms with Crippen LogP contribution in [-0.2, 0) is 0 Å². The molecule has 2 rings (SSSR count). The van der Waals surface area contributed by atoms with Crippen LogP contribution in [0.1, 0.15) is 25.7 Å². The molecule has 0 unspecified atom stereocenters. The summed E-state index contributed by atoms with van der Waals surface area (Å²) in [5.74, 6) is 0. The van der Waals surface area contributed by atoms with Gasteiger partial charge in [-0.25, -0.2) is 0 Å². The average molecular weight is 141 g/mol. The Hall–Kier alpha value is -0.0800. The van der Waals surface area contributed by atoms with E-state index in [0.717, 1.165) is 6.54 Å². The fraction of sp³-hybridized carbons (Fsp3) is 1.00. The third-order valence-electron chi connectivity index (χ3n) is 3.24. The van der Waals surface area contributed by atoms with E-state index in [0.29, 0.717) is 18.1 Å². The van der Waals surface area contributed by atoms with Crippen molar-refractivity contribution in [1.82, 2.24) is 5.32 Å². The van der Waals surface area contributed by atoms with Gasteiger partial charge in [-0.2, -0.15) is 0 Å². The first-order chi connectivity index (χ1) is 4.87. The Balaban J connectivity index is 2.15. The maximum atomic E-state index is 9.19. The molecule has 0 aromatic carbocycles. The van der Waals surface area contributed by atoms with Crippen molar-refractivity contribution < 1.29 is 5.11 Å². The smallest absolute Gasteiger partial charge is 0.0502 e. The van der Waals surface area contributed by atoms with Crippen molar-refractivity contribution in [3.05, 3.63) is 0 Å². The van der Waals surface area contributed by atoms with Crippen LogP contribution in [0.2, 0.25) is 0 Å². The molecule has 0 radical (unpaired) electrons. The molecule has 2 atom stereocenters. The van der Waals surface area contributed by atoms with Gasteiger partial charge < -0.3 is 10.4 Å². The van der Waals surface area contributed by atoms with Gasteiger partial charge >= 0.3 is 0 Å². The molecule has 1 heterocycles. The normalized spacial score (nSPS) is 45.9. The van der Waals surface area contributed by atoms with E-state index in [-0.39, 0.29) is 0 Å². The molecule has 0 aromatic heterocycles. The maximum absolute atomic E-state index is 9.19. The third kappa shape index (κ3) is 0.722. The van der Waals surface area contributed by atoms with E-state index in [1.165, 1.54) is 25.7 Å². The van der Waals surface area contributed by atoms with Crippen LogP contribution in [0.15, 0.2) is 0 Å². The summed E-state index contributed by atoms with van der Waals surface area (Å²) in [6.45, 7) is 1.51. The molecule has 58 valence electrons. The van der Waals surface area contributed by atoms with Crippen LogP contribution < -0.4 is 5.32 Å². The molecule has 1 aliphatic heterocycles. The zero-order chi connectivity index (χ0) is 7.03. The largest absolute Gasteiger partial charge is 0.396 e. The average Bonchev–Trinajstić information content (AvgIpc) is 2.42. The van der Waals surface area contributed by atoms with Crippen molar-refractivity contribution >= 4 is 0 Å². The van der Waals surface area contributed by atoms with Gasteiger partial charge in [0.05, 0.1) is 6.61 Å². The van der Waals surface area contributed by atoms with Gasteiger partial charge in [0.2, 0.25) is 0 Å². The molecular formula is C8H15NO. The molecule has 10 heavy (non-hydrogen) atoms. The zero-order valence-corrected chi connectivity index (χ0v) is 6.27. The van der Waals surface area contributed by atoms with Crippen molar-refractivity contribution in [3.8, 4) is 0 Å². The molecule has 0 aromatic rings. The lowest BCUT2D eigenvalue weighted by Crippen LogP contribution is -2.34. The van der Waals surface area contributed by atoms with Crippen LogP contribution in [0, 0.1) is 5.41 Å². The first-order valence-corrected chi connectivity index (χ1v) is 4.22. The molecule has 1 saturated carbocycles. The van der Waals surface area contributed by atoms with Gasteiger partial charge in [-0.1, -0.05) is 6.42 Å². The summed E-state index contributed by atoms with van der Waals surface area (Å²) >= 11 is 0. The second-order valence-corrected chi connectivity index (χ2v) is 3.67. The van der Waals surface area contributed by atoms with E-state index in [4.69, 9.17) is 0 Å². The summed E-state index contributed by atoms with van der Waals surface area (Å²) in [5.41, 5.74) is 0.292. The highest BCUT2D eigenvalue weighted by Crippen LogP contribution is 2.43. The van der Waals surface area contributed by atoms with Crippen LogP contribution in [0.5, 0.6) is 0 Å². The van der Waals surface area contributed by atoms with Gasteiger partial charge in [0, 0.05) is 11.5 Å². The number of aliphatic hydroxyl groups excluding tert-OH is 1. The third-order valence-corrected chi connectivity index (χ3v) is 3.24. The van der Waals surface area contributed by atoms with Gasteiger partial charge in [-0.15, -0.1) is 0 Å². The summed E-state index contributed by atoms with van der Waals surface area (Å²) in [4.78, 5) is 0. The first kappa shape index (κ1) is 6.62. The van der Waals surface area contributed by atoms with Crippen LogP contribution in [0.4, 0.5) is 0 Å². The maximum Gasteiger partial charge on any atom is 0.0502 e. The molecule has 2 fully saturated rings. The Labute approximate surface area is 61.6 Å². The summed E-state index contributed by atoms with van der Waals surface area (Å²) in [5, 5.41) is 12.6. The zero-order valence-electron chi connectivity index (χ0n) is 6.27. The number of nitrogens with one attached hydrogen (secondary N) is 1. The Kier molecular flexibility index (Phi) is 1.46. The molecule has 0 bridgehead atoms. The van der Waals surface area contributed by atoms with E-state index >= 15 is 0 Å². The van der Waals surface area contributed by atoms with Gasteiger partial charge in [-0.05, 0) is 25.8 Å². The van der Waals surface area contributed by atoms with Crippen molar-refractivity contribution in [2.24, 2.45) is 5.41 Å². The first-order valence-electron chi connectivity index (χ1n) is 4.22. The van der Waals surface area contributed by atoms with Gasteiger partial charge in [0.15, 0.2) is 0 Å². The highest BCUT2D eigenvalue weighted by Gasteiger charge is 2.45. The van der Waals surface area contributed by atoms with E-state index in [1.807, 2.05) is 0 Å². The number of rotatable bonds is 1. The monoisotopic (exact) mass is 141 g/mol. The van der Waals surface area contributed by atoms with Gasteiger partial charge in [0.1, 0.15) is 0 Å². The van der Waals surface area contributed by atoms with E-state index in [9.17, 15) is 5.11 Å². The number of hydrogen-bond donors (Lipinski definition) is 2. The van der Waals surface area contributed by atoms with E-state index < -0.39 is 0 Å². The summed E-state index contributed by atoms with van der Waals surface area (Å²) in [6.07, 6.45) is 5.01. The quantitative estimate of drug-likeness (QED) is 0.557. The Morgan fingerprint density at radius 1 is 1.50 bits per heavy atom. The number of aliphatic hydroxyl groups is 1. The molecule has 2 aliphatic rings. The molecular weight excluding hydrogens is 126 g/mol. The van der Waals surface area contributed by atoms with Crippen LogP contribution >= 0.6 is 0 Å². The lowest BCUT2D eigenvalue weighted by atomic mass is 9.84.